The van der Waals surface area contributed by atoms with Crippen molar-refractivity contribution in [2.24, 2.45) is 10.9 Å². The van der Waals surface area contributed by atoms with Gasteiger partial charge < -0.3 is 20.3 Å². The van der Waals surface area contributed by atoms with Crippen molar-refractivity contribution in [1.82, 2.24) is 20.5 Å². The van der Waals surface area contributed by atoms with Gasteiger partial charge in [0.05, 0.1) is 0 Å². The maximum atomic E-state index is 13.0. The summed E-state index contributed by atoms with van der Waals surface area (Å²) < 4.78 is 18.6. The molecule has 0 spiro atoms. The second-order valence-electron chi connectivity index (χ2n) is 8.38. The van der Waals surface area contributed by atoms with Crippen molar-refractivity contribution in [3.63, 3.8) is 0 Å². The topological polar surface area (TPSA) is 78.9 Å². The van der Waals surface area contributed by atoms with Crippen LogP contribution < -0.4 is 15.4 Å². The molecule has 1 saturated heterocycles. The van der Waals surface area contributed by atoms with Gasteiger partial charge in [-0.1, -0.05) is 18.9 Å². The molecule has 1 atom stereocenters. The van der Waals surface area contributed by atoms with Crippen LogP contribution in [0, 0.1) is 11.7 Å². The maximum Gasteiger partial charge on any atom is 0.225 e. The van der Waals surface area contributed by atoms with E-state index in [1.807, 2.05) is 11.0 Å². The van der Waals surface area contributed by atoms with Crippen molar-refractivity contribution < 1.29 is 13.9 Å². The Bertz CT molecular complexity index is 926. The summed E-state index contributed by atoms with van der Waals surface area (Å²) in [4.78, 5) is 23.3. The normalized spacial score (nSPS) is 19.2. The van der Waals surface area contributed by atoms with Gasteiger partial charge in [-0.15, -0.1) is 0 Å². The van der Waals surface area contributed by atoms with Gasteiger partial charge in [-0.25, -0.2) is 9.37 Å². The number of nitrogens with one attached hydrogen (secondary N) is 2. The Labute approximate surface area is 188 Å². The van der Waals surface area contributed by atoms with E-state index < -0.39 is 0 Å². The number of rotatable bonds is 6. The highest BCUT2D eigenvalue weighted by atomic mass is 19.1. The zero-order valence-electron chi connectivity index (χ0n) is 18.4. The van der Waals surface area contributed by atoms with E-state index in [-0.39, 0.29) is 17.8 Å². The predicted octanol–water partition coefficient (Wildman–Crippen LogP) is 3.47. The number of likely N-dealkylation sites (tertiary alicyclic amines) is 1. The van der Waals surface area contributed by atoms with E-state index in [1.54, 1.807) is 31.4 Å². The highest BCUT2D eigenvalue weighted by molar-refractivity contribution is 5.81. The number of guanidine groups is 1. The SMILES string of the molecule is CN=C(NCc1ccc(Oc2ccc(F)cc2)nc1)NC1CCN(C(=O)C2CCCC2)C1. The molecule has 1 saturated carbocycles. The molecule has 1 aliphatic carbocycles. The van der Waals surface area contributed by atoms with Gasteiger partial charge in [-0.05, 0) is 49.1 Å². The van der Waals surface area contributed by atoms with Crippen LogP contribution >= 0.6 is 0 Å². The maximum absolute atomic E-state index is 13.0. The lowest BCUT2D eigenvalue weighted by molar-refractivity contribution is -0.134. The Balaban J connectivity index is 1.23. The van der Waals surface area contributed by atoms with Gasteiger partial charge >= 0.3 is 0 Å². The number of aliphatic imine (C=N–C) groups is 1. The summed E-state index contributed by atoms with van der Waals surface area (Å²) in [6.45, 7) is 2.09. The van der Waals surface area contributed by atoms with E-state index in [4.69, 9.17) is 4.74 Å². The number of aromatic nitrogens is 1. The largest absolute Gasteiger partial charge is 0.439 e. The Morgan fingerprint density at radius 2 is 1.97 bits per heavy atom. The average Bonchev–Trinajstić information content (AvgIpc) is 3.51. The summed E-state index contributed by atoms with van der Waals surface area (Å²) in [5, 5.41) is 6.73. The third kappa shape index (κ3) is 5.75. The van der Waals surface area contributed by atoms with E-state index in [0.29, 0.717) is 30.0 Å². The van der Waals surface area contributed by atoms with E-state index in [9.17, 15) is 9.18 Å². The number of hydrogen-bond acceptors (Lipinski definition) is 4. The van der Waals surface area contributed by atoms with Crippen molar-refractivity contribution in [3.05, 3.63) is 54.0 Å². The van der Waals surface area contributed by atoms with Crippen molar-refractivity contribution in [3.8, 4) is 11.6 Å². The number of amides is 1. The minimum atomic E-state index is -0.306. The monoisotopic (exact) mass is 439 g/mol. The number of benzene rings is 1. The fourth-order valence-electron chi connectivity index (χ4n) is 4.28. The lowest BCUT2D eigenvalue weighted by Crippen LogP contribution is -2.45. The standard InChI is InChI=1S/C24H30FN5O2/c1-26-24(29-20-12-13-30(16-20)23(31)18-4-2-3-5-18)28-15-17-6-11-22(27-14-17)32-21-9-7-19(25)8-10-21/h6-11,14,18,20H,2-5,12-13,15-16H2,1H3,(H2,26,28,29). The molecular weight excluding hydrogens is 409 g/mol. The second kappa shape index (κ2) is 10.4. The summed E-state index contributed by atoms with van der Waals surface area (Å²) in [7, 11) is 1.74. The van der Waals surface area contributed by atoms with Crippen molar-refractivity contribution in [1.29, 1.82) is 0 Å². The Morgan fingerprint density at radius 3 is 2.66 bits per heavy atom. The quantitative estimate of drug-likeness (QED) is 0.532. The first kappa shape index (κ1) is 22.0. The molecule has 1 unspecified atom stereocenters. The van der Waals surface area contributed by atoms with Gasteiger partial charge in [0.25, 0.3) is 0 Å². The lowest BCUT2D eigenvalue weighted by Gasteiger charge is -2.21. The van der Waals surface area contributed by atoms with Gasteiger partial charge in [0.1, 0.15) is 11.6 Å². The third-order valence-corrected chi connectivity index (χ3v) is 6.06. The number of halogens is 1. The highest BCUT2D eigenvalue weighted by Gasteiger charge is 2.32. The average molecular weight is 440 g/mol. The second-order valence-corrected chi connectivity index (χ2v) is 8.38. The lowest BCUT2D eigenvalue weighted by atomic mass is 10.1. The molecular formula is C24H30FN5O2. The van der Waals surface area contributed by atoms with E-state index in [0.717, 1.165) is 37.9 Å². The minimum Gasteiger partial charge on any atom is -0.439 e. The molecule has 1 aromatic carbocycles. The van der Waals surface area contributed by atoms with Crippen LogP contribution in [-0.2, 0) is 11.3 Å². The molecule has 8 heteroatoms. The molecule has 1 amide bonds. The molecule has 170 valence electrons. The minimum absolute atomic E-state index is 0.205. The van der Waals surface area contributed by atoms with E-state index in [1.165, 1.54) is 25.0 Å². The van der Waals surface area contributed by atoms with E-state index >= 15 is 0 Å². The Hall–Kier alpha value is -3.16. The Kier molecular flexibility index (Phi) is 7.19. The summed E-state index contributed by atoms with van der Waals surface area (Å²) >= 11 is 0. The third-order valence-electron chi connectivity index (χ3n) is 6.06. The first-order valence-corrected chi connectivity index (χ1v) is 11.2. The molecule has 7 nitrogen and oxygen atoms in total. The summed E-state index contributed by atoms with van der Waals surface area (Å²) in [6, 6.07) is 9.72. The van der Waals surface area contributed by atoms with Crippen molar-refractivity contribution in [2.75, 3.05) is 20.1 Å². The van der Waals surface area contributed by atoms with Crippen LogP contribution in [0.2, 0.25) is 0 Å². The zero-order valence-corrected chi connectivity index (χ0v) is 18.4. The fourth-order valence-corrected chi connectivity index (χ4v) is 4.28. The summed E-state index contributed by atoms with van der Waals surface area (Å²) in [5.41, 5.74) is 0.976. The molecule has 2 aromatic rings. The van der Waals surface area contributed by atoms with Crippen molar-refractivity contribution in [2.45, 2.75) is 44.7 Å². The Morgan fingerprint density at radius 1 is 1.19 bits per heavy atom. The van der Waals surface area contributed by atoms with Gasteiger partial charge in [0.2, 0.25) is 11.8 Å². The number of carbonyl (C=O) groups excluding carboxylic acids is 1. The van der Waals surface area contributed by atoms with E-state index in [2.05, 4.69) is 20.6 Å². The summed E-state index contributed by atoms with van der Waals surface area (Å²) in [6.07, 6.45) is 7.09. The van der Waals surface area contributed by atoms with Crippen LogP contribution in [0.4, 0.5) is 4.39 Å². The molecule has 4 rings (SSSR count). The number of carbonyl (C=O) groups is 1. The first-order valence-electron chi connectivity index (χ1n) is 11.2. The smallest absolute Gasteiger partial charge is 0.225 e. The number of ether oxygens (including phenoxy) is 1. The molecule has 1 aliphatic heterocycles. The van der Waals surface area contributed by atoms with Crippen LogP contribution in [0.25, 0.3) is 0 Å². The molecule has 2 aliphatic rings. The number of nitrogens with zero attached hydrogens (tertiary/aromatic N) is 3. The van der Waals surface area contributed by atoms with Crippen LogP contribution in [0.1, 0.15) is 37.7 Å². The molecule has 0 bridgehead atoms. The van der Waals surface area contributed by atoms with Crippen LogP contribution in [0.15, 0.2) is 47.6 Å². The van der Waals surface area contributed by atoms with Gasteiger partial charge in [-0.2, -0.15) is 0 Å². The predicted molar refractivity (Wildman–Crippen MR) is 121 cm³/mol. The van der Waals surface area contributed by atoms with Gasteiger partial charge in [0.15, 0.2) is 5.96 Å². The molecule has 2 fully saturated rings. The molecule has 32 heavy (non-hydrogen) atoms. The molecule has 2 heterocycles. The van der Waals surface area contributed by atoms with Gasteiger partial charge in [-0.3, -0.25) is 9.79 Å². The number of pyridine rings is 1. The fraction of sp³-hybridized carbons (Fsp3) is 0.458. The van der Waals surface area contributed by atoms with Crippen LogP contribution in [-0.4, -0.2) is 47.9 Å². The van der Waals surface area contributed by atoms with Gasteiger partial charge in [0, 0.05) is 50.9 Å². The first-order chi connectivity index (χ1) is 15.6. The summed E-state index contributed by atoms with van der Waals surface area (Å²) in [5.74, 6) is 1.93. The molecule has 2 N–H and O–H groups in total. The molecule has 1 aromatic heterocycles. The zero-order chi connectivity index (χ0) is 22.3. The molecule has 0 radical (unpaired) electrons. The van der Waals surface area contributed by atoms with Crippen LogP contribution in [0.5, 0.6) is 11.6 Å². The van der Waals surface area contributed by atoms with Crippen molar-refractivity contribution >= 4 is 11.9 Å². The highest BCUT2D eigenvalue weighted by Crippen LogP contribution is 2.28. The van der Waals surface area contributed by atoms with Crippen LogP contribution in [0.3, 0.4) is 0 Å². The number of hydrogen-bond donors (Lipinski definition) is 2.